The lowest BCUT2D eigenvalue weighted by molar-refractivity contribution is -0.121. The summed E-state index contributed by atoms with van der Waals surface area (Å²) in [4.78, 5) is 22.3. The standard InChI is InChI=1S/C10H19NO4.2H2/c1-6(12)8(7(2)13)11-9(14)15-10(3,4)5;;/h6,8,12H,1-5H3,(H,11,14);2*1H/t6-,8+;;/m1../s1/i;1+1D;1+1. The molecule has 5 nitrogen and oxygen atoms in total. The van der Waals surface area contributed by atoms with Crippen LogP contribution >= 0.6 is 0 Å². The van der Waals surface area contributed by atoms with Crippen molar-refractivity contribution in [2.75, 3.05) is 0 Å². The maximum atomic E-state index is 11.3. The molecule has 0 rings (SSSR count). The second kappa shape index (κ2) is 5.11. The number of nitrogens with one attached hydrogen (secondary N) is 1. The predicted octanol–water partition coefficient (Wildman–Crippen LogP) is 1.34. The second-order valence-corrected chi connectivity index (χ2v) is 4.48. The summed E-state index contributed by atoms with van der Waals surface area (Å²) in [6.45, 7) is 7.89. The van der Waals surface area contributed by atoms with Gasteiger partial charge in [0.2, 0.25) is 0 Å². The highest BCUT2D eigenvalue weighted by Crippen LogP contribution is 2.07. The average Bonchev–Trinajstić information content (AvgIpc) is 2.13. The number of ketones is 1. The summed E-state index contributed by atoms with van der Waals surface area (Å²) in [6.07, 6.45) is -1.64. The molecule has 0 aliphatic carbocycles. The monoisotopic (exact) mass is 224 g/mol. The van der Waals surface area contributed by atoms with Gasteiger partial charge in [-0.1, -0.05) is 0 Å². The molecule has 0 saturated carbocycles. The summed E-state index contributed by atoms with van der Waals surface area (Å²) in [6, 6.07) is -0.917. The lowest BCUT2D eigenvalue weighted by Crippen LogP contribution is -2.48. The van der Waals surface area contributed by atoms with Crippen LogP contribution in [-0.2, 0) is 9.53 Å². The van der Waals surface area contributed by atoms with Crippen molar-refractivity contribution in [1.82, 2.24) is 5.32 Å². The highest BCUT2D eigenvalue weighted by molar-refractivity contribution is 5.86. The van der Waals surface area contributed by atoms with Crippen molar-refractivity contribution in [3.8, 4) is 0 Å². The van der Waals surface area contributed by atoms with E-state index in [1.54, 1.807) is 20.8 Å². The minimum absolute atomic E-state index is 0. The number of hydrogen-bond acceptors (Lipinski definition) is 4. The molecule has 1 amide bonds. The Morgan fingerprint density at radius 3 is 2.20 bits per heavy atom. The van der Waals surface area contributed by atoms with Crippen LogP contribution < -0.4 is 5.32 Å². The number of amides is 1. The Labute approximate surface area is 94.4 Å². The Bertz CT molecular complexity index is 254. The van der Waals surface area contributed by atoms with E-state index in [1.807, 2.05) is 0 Å². The van der Waals surface area contributed by atoms with Gasteiger partial charge >= 0.3 is 6.09 Å². The maximum absolute atomic E-state index is 11.3. The molecule has 0 bridgehead atoms. The number of alkyl carbamates (subject to hydrolysis) is 1. The third-order valence-corrected chi connectivity index (χ3v) is 1.59. The van der Waals surface area contributed by atoms with E-state index in [9.17, 15) is 14.7 Å². The molecule has 0 aliphatic heterocycles. The van der Waals surface area contributed by atoms with E-state index < -0.39 is 23.8 Å². The van der Waals surface area contributed by atoms with Crippen LogP contribution in [0.25, 0.3) is 0 Å². The molecule has 0 aliphatic rings. The molecule has 0 spiro atoms. The van der Waals surface area contributed by atoms with Crippen LogP contribution in [0.4, 0.5) is 4.79 Å². The molecule has 0 heterocycles. The number of carbonyl (C=O) groups is 2. The molecule has 2 atom stereocenters. The topological polar surface area (TPSA) is 75.6 Å². The average molecular weight is 224 g/mol. The molecule has 0 fully saturated rings. The molecule has 5 heteroatoms. The SMILES string of the molecule is CC(=O)[C@@H](NC(=O)OC(C)(C)C)[C@@H](C)O.[2HH].[2H][2H]. The van der Waals surface area contributed by atoms with Crippen molar-refractivity contribution in [2.24, 2.45) is 0 Å². The maximum Gasteiger partial charge on any atom is 0.408 e. The van der Waals surface area contributed by atoms with Gasteiger partial charge in [-0.3, -0.25) is 4.79 Å². The fourth-order valence-corrected chi connectivity index (χ4v) is 0.996. The molecular weight excluding hydrogens is 198 g/mol. The minimum Gasteiger partial charge on any atom is -0.444 e. The Hall–Kier alpha value is -1.10. The van der Waals surface area contributed by atoms with Crippen LogP contribution in [0.5, 0.6) is 0 Å². The van der Waals surface area contributed by atoms with E-state index in [1.165, 1.54) is 13.8 Å². The zero-order chi connectivity index (χ0) is 14.2. The molecule has 92 valence electrons. The molecule has 0 aromatic heterocycles. The van der Waals surface area contributed by atoms with Gasteiger partial charge in [-0.25, -0.2) is 4.79 Å². The van der Waals surface area contributed by atoms with Crippen LogP contribution in [0, 0.1) is 0 Å². The van der Waals surface area contributed by atoms with Crippen molar-refractivity contribution in [3.63, 3.8) is 0 Å². The smallest absolute Gasteiger partial charge is 0.408 e. The van der Waals surface area contributed by atoms with Crippen molar-refractivity contribution in [2.45, 2.75) is 52.4 Å². The van der Waals surface area contributed by atoms with Gasteiger partial charge in [-0.15, -0.1) is 0 Å². The van der Waals surface area contributed by atoms with Gasteiger partial charge in [-0.05, 0) is 34.6 Å². The molecule has 2 N–H and O–H groups in total. The number of aliphatic hydroxyl groups excluding tert-OH is 1. The molecule has 0 radical (unpaired) electrons. The van der Waals surface area contributed by atoms with Crippen LogP contribution in [0.1, 0.15) is 39.0 Å². The number of Topliss-reactive ketones (excluding diaryl/α,β-unsaturated/α-hetero) is 1. The number of carbonyl (C=O) groups excluding carboxylic acids is 2. The van der Waals surface area contributed by atoms with Crippen molar-refractivity contribution in [3.05, 3.63) is 0 Å². The van der Waals surface area contributed by atoms with Gasteiger partial charge in [0, 0.05) is 4.40 Å². The summed E-state index contributed by atoms with van der Waals surface area (Å²) in [5, 5.41) is 11.6. The third kappa shape index (κ3) is 6.06. The molecular formula is C10H23NO4. The number of aliphatic hydroxyl groups is 1. The Morgan fingerprint density at radius 2 is 1.93 bits per heavy atom. The van der Waals surface area contributed by atoms with Gasteiger partial charge in [0.15, 0.2) is 5.78 Å². The van der Waals surface area contributed by atoms with Crippen molar-refractivity contribution < 1.29 is 23.8 Å². The zero-order valence-corrected chi connectivity index (χ0v) is 9.83. The first-order valence-corrected chi connectivity index (χ1v) is 4.81. The number of rotatable bonds is 3. The second-order valence-electron chi connectivity index (χ2n) is 4.48. The predicted molar refractivity (Wildman–Crippen MR) is 59.7 cm³/mol. The van der Waals surface area contributed by atoms with Crippen molar-refractivity contribution in [1.29, 1.82) is 0 Å². The van der Waals surface area contributed by atoms with Crippen LogP contribution in [0.3, 0.4) is 0 Å². The first-order chi connectivity index (χ1) is 7.63. The van der Waals surface area contributed by atoms with Crippen molar-refractivity contribution >= 4 is 11.9 Å². The summed E-state index contributed by atoms with van der Waals surface area (Å²) in [5.41, 5.74) is -0.621. The van der Waals surface area contributed by atoms with Gasteiger partial charge in [0.25, 0.3) is 0 Å². The molecule has 0 aromatic rings. The summed E-state index contributed by atoms with van der Waals surface area (Å²) in [7, 11) is 0. The highest BCUT2D eigenvalue weighted by atomic mass is 16.6. The fourth-order valence-electron chi connectivity index (χ4n) is 0.996. The number of hydrogen-bond donors (Lipinski definition) is 2. The first kappa shape index (κ1) is 12.0. The van der Waals surface area contributed by atoms with Gasteiger partial charge < -0.3 is 15.2 Å². The quantitative estimate of drug-likeness (QED) is 0.758. The summed E-state index contributed by atoms with van der Waals surface area (Å²) >= 11 is 0. The molecule has 0 aromatic carbocycles. The van der Waals surface area contributed by atoms with E-state index in [0.29, 0.717) is 0 Å². The minimum atomic E-state index is -0.935. The Balaban J connectivity index is -0.000000709. The van der Waals surface area contributed by atoms with Crippen LogP contribution in [-0.4, -0.2) is 34.7 Å². The fraction of sp³-hybridized carbons (Fsp3) is 0.800. The van der Waals surface area contributed by atoms with E-state index in [2.05, 4.69) is 5.32 Å². The van der Waals surface area contributed by atoms with Crippen LogP contribution in [0.2, 0.25) is 0 Å². The van der Waals surface area contributed by atoms with E-state index in [4.69, 9.17) is 7.71 Å². The van der Waals surface area contributed by atoms with E-state index in [-0.39, 0.29) is 7.21 Å². The van der Waals surface area contributed by atoms with Gasteiger partial charge in [-0.2, -0.15) is 0 Å². The largest absolute Gasteiger partial charge is 0.444 e. The Kier molecular flexibility index (Phi) is 4.08. The number of ether oxygens (including phenoxy) is 1. The normalized spacial score (nSPS) is 15.9. The van der Waals surface area contributed by atoms with Gasteiger partial charge in [0.05, 0.1) is 6.10 Å². The van der Waals surface area contributed by atoms with Gasteiger partial charge in [0.1, 0.15) is 11.6 Å². The van der Waals surface area contributed by atoms with Crippen LogP contribution in [0.15, 0.2) is 0 Å². The Morgan fingerprint density at radius 1 is 1.47 bits per heavy atom. The molecule has 0 unspecified atom stereocenters. The van der Waals surface area contributed by atoms with E-state index >= 15 is 0 Å². The van der Waals surface area contributed by atoms with E-state index in [0.717, 1.165) is 0 Å². The zero-order valence-electron chi connectivity index (χ0n) is 11.8. The first-order valence-electron chi connectivity index (χ1n) is 5.81. The highest BCUT2D eigenvalue weighted by Gasteiger charge is 2.25. The summed E-state index contributed by atoms with van der Waals surface area (Å²) in [5.74, 6) is -0.309. The molecule has 15 heavy (non-hydrogen) atoms. The third-order valence-electron chi connectivity index (χ3n) is 1.59. The lowest BCUT2D eigenvalue weighted by Gasteiger charge is -2.23. The summed E-state index contributed by atoms with van der Waals surface area (Å²) < 4.78 is 15.0. The molecule has 0 saturated heterocycles. The lowest BCUT2D eigenvalue weighted by atomic mass is 10.1.